The van der Waals surface area contributed by atoms with E-state index in [0.29, 0.717) is 53.6 Å². The molecule has 0 saturated carbocycles. The Hall–Kier alpha value is -4.12. The second-order valence-corrected chi connectivity index (χ2v) is 10.1. The van der Waals surface area contributed by atoms with Crippen molar-refractivity contribution in [2.75, 3.05) is 51.2 Å². The average molecular weight is 515 g/mol. The molecule has 0 aromatic carbocycles. The second-order valence-electron chi connectivity index (χ2n) is 10.1. The molecule has 11 heteroatoms. The molecular formula is C27H30N8O3. The Morgan fingerprint density at radius 1 is 0.947 bits per heavy atom. The van der Waals surface area contributed by atoms with Gasteiger partial charge in [0.2, 0.25) is 5.91 Å². The van der Waals surface area contributed by atoms with E-state index in [-0.39, 0.29) is 11.9 Å². The third-order valence-electron chi connectivity index (χ3n) is 7.76. The van der Waals surface area contributed by atoms with Crippen LogP contribution in [0.4, 0.5) is 5.82 Å². The van der Waals surface area contributed by atoms with E-state index in [2.05, 4.69) is 26.8 Å². The Morgan fingerprint density at radius 2 is 1.71 bits per heavy atom. The lowest BCUT2D eigenvalue weighted by molar-refractivity contribution is -0.130. The zero-order valence-electron chi connectivity index (χ0n) is 21.6. The summed E-state index contributed by atoms with van der Waals surface area (Å²) in [6, 6.07) is 7.59. The normalized spacial score (nSPS) is 17.4. The number of amides is 1. The van der Waals surface area contributed by atoms with Crippen LogP contribution in [0, 0.1) is 0 Å². The molecule has 1 N–H and O–H groups in total. The maximum atomic E-state index is 13.1. The van der Waals surface area contributed by atoms with Gasteiger partial charge in [-0.25, -0.2) is 14.8 Å². The Balaban J connectivity index is 1.42. The highest BCUT2D eigenvalue weighted by atomic mass is 16.2. The molecule has 38 heavy (non-hydrogen) atoms. The number of carbonyl (C=O) groups is 1. The van der Waals surface area contributed by atoms with Gasteiger partial charge in [0.05, 0.1) is 22.1 Å². The number of rotatable bonds is 3. The minimum absolute atomic E-state index is 0.0235. The molecule has 4 aromatic heterocycles. The van der Waals surface area contributed by atoms with E-state index >= 15 is 0 Å². The van der Waals surface area contributed by atoms with Crippen molar-refractivity contribution in [1.29, 1.82) is 0 Å². The number of piperazine rings is 1. The van der Waals surface area contributed by atoms with Crippen LogP contribution in [0.5, 0.6) is 0 Å². The molecule has 6 heterocycles. The first-order chi connectivity index (χ1) is 18.4. The van der Waals surface area contributed by atoms with Crippen molar-refractivity contribution in [3.05, 3.63) is 57.5 Å². The van der Waals surface area contributed by atoms with Gasteiger partial charge in [0.1, 0.15) is 11.3 Å². The number of carbonyl (C=O) groups excluding carboxylic acids is 1. The number of nitrogens with one attached hydrogen (secondary N) is 1. The van der Waals surface area contributed by atoms with Crippen molar-refractivity contribution in [3.8, 4) is 11.3 Å². The summed E-state index contributed by atoms with van der Waals surface area (Å²) in [6.07, 6.45) is 4.55. The summed E-state index contributed by atoms with van der Waals surface area (Å²) in [6.45, 7) is 6.55. The van der Waals surface area contributed by atoms with Gasteiger partial charge >= 0.3 is 5.69 Å². The van der Waals surface area contributed by atoms with Crippen LogP contribution in [0.2, 0.25) is 0 Å². The summed E-state index contributed by atoms with van der Waals surface area (Å²) in [5.41, 5.74) is 2.16. The van der Waals surface area contributed by atoms with Crippen molar-refractivity contribution in [1.82, 2.24) is 34.3 Å². The van der Waals surface area contributed by atoms with Gasteiger partial charge in [0.15, 0.2) is 0 Å². The van der Waals surface area contributed by atoms with Crippen molar-refractivity contribution in [3.63, 3.8) is 0 Å². The van der Waals surface area contributed by atoms with Gasteiger partial charge in [-0.3, -0.25) is 24.1 Å². The van der Waals surface area contributed by atoms with Crippen LogP contribution in [0.15, 0.2) is 46.2 Å². The second kappa shape index (κ2) is 9.64. The van der Waals surface area contributed by atoms with E-state index in [9.17, 15) is 14.4 Å². The monoisotopic (exact) mass is 514 g/mol. The van der Waals surface area contributed by atoms with E-state index in [1.54, 1.807) is 16.4 Å². The zero-order valence-corrected chi connectivity index (χ0v) is 21.6. The number of likely N-dealkylation sites (tertiary alicyclic amines) is 1. The molecule has 0 unspecified atom stereocenters. The molecule has 1 amide bonds. The van der Waals surface area contributed by atoms with Crippen molar-refractivity contribution < 1.29 is 4.79 Å². The molecule has 2 fully saturated rings. The number of H-pyrrole nitrogens is 1. The van der Waals surface area contributed by atoms with E-state index in [0.717, 1.165) is 37.6 Å². The lowest BCUT2D eigenvalue weighted by atomic mass is 10.0. The number of aromatic nitrogens is 5. The molecule has 0 spiro atoms. The number of anilines is 1. The van der Waals surface area contributed by atoms with Gasteiger partial charge in [-0.15, -0.1) is 0 Å². The van der Waals surface area contributed by atoms with Crippen LogP contribution < -0.4 is 16.1 Å². The highest BCUT2D eigenvalue weighted by molar-refractivity contribution is 6.01. The lowest BCUT2D eigenvalue weighted by Crippen LogP contribution is -2.44. The fourth-order valence-corrected chi connectivity index (χ4v) is 5.50. The highest BCUT2D eigenvalue weighted by Crippen LogP contribution is 2.29. The first-order valence-electron chi connectivity index (χ1n) is 13.0. The molecule has 2 aliphatic heterocycles. The first kappa shape index (κ1) is 24.2. The Bertz CT molecular complexity index is 1630. The SMILES string of the molecule is CC(=O)N1CCC(n2c(=O)[nH]c(=O)c3cnc4ccc(-c5ccc(N6CCN(C)CC6)nc5)nc4c32)CC1. The van der Waals surface area contributed by atoms with Crippen molar-refractivity contribution in [2.24, 2.45) is 0 Å². The number of aromatic amines is 1. The minimum atomic E-state index is -0.484. The summed E-state index contributed by atoms with van der Waals surface area (Å²) < 4.78 is 1.64. The Kier molecular flexibility index (Phi) is 6.15. The van der Waals surface area contributed by atoms with Gasteiger partial charge in [0, 0.05) is 70.2 Å². The Morgan fingerprint density at radius 3 is 2.39 bits per heavy atom. The van der Waals surface area contributed by atoms with Gasteiger partial charge in [-0.05, 0) is 44.2 Å². The molecule has 6 rings (SSSR count). The number of piperidine rings is 1. The molecular weight excluding hydrogens is 484 g/mol. The van der Waals surface area contributed by atoms with Crippen molar-refractivity contribution >= 4 is 33.7 Å². The molecule has 2 saturated heterocycles. The Labute approximate surface area is 218 Å². The molecule has 0 atom stereocenters. The molecule has 11 nitrogen and oxygen atoms in total. The minimum Gasteiger partial charge on any atom is -0.354 e. The zero-order chi connectivity index (χ0) is 26.4. The van der Waals surface area contributed by atoms with Crippen LogP contribution in [-0.4, -0.2) is 86.5 Å². The van der Waals surface area contributed by atoms with Crippen LogP contribution in [0.1, 0.15) is 25.8 Å². The van der Waals surface area contributed by atoms with E-state index in [1.807, 2.05) is 30.5 Å². The topological polar surface area (TPSA) is 120 Å². The third kappa shape index (κ3) is 4.32. The number of nitrogens with zero attached hydrogens (tertiary/aromatic N) is 7. The van der Waals surface area contributed by atoms with Crippen LogP contribution in [-0.2, 0) is 4.79 Å². The molecule has 0 radical (unpaired) electrons. The molecule has 0 aliphatic carbocycles. The lowest BCUT2D eigenvalue weighted by Gasteiger charge is -2.33. The standard InChI is InChI=1S/C27H30N8O3/c1-17(36)33-9-7-19(8-10-33)35-25-20(26(37)31-27(35)38)16-28-22-5-4-21(30-24(22)25)18-3-6-23(29-15-18)34-13-11-32(2)12-14-34/h3-6,15-16,19H,7-14H2,1-2H3,(H,31,37,38). The number of pyridine rings is 3. The smallest absolute Gasteiger partial charge is 0.329 e. The molecule has 0 bridgehead atoms. The van der Waals surface area contributed by atoms with Gasteiger partial charge in [-0.1, -0.05) is 0 Å². The van der Waals surface area contributed by atoms with Crippen LogP contribution in [0.25, 0.3) is 33.2 Å². The van der Waals surface area contributed by atoms with Crippen LogP contribution in [0.3, 0.4) is 0 Å². The number of hydrogen-bond donors (Lipinski definition) is 1. The summed E-state index contributed by atoms with van der Waals surface area (Å²) in [7, 11) is 2.13. The van der Waals surface area contributed by atoms with Gasteiger partial charge in [0.25, 0.3) is 5.56 Å². The predicted molar refractivity (Wildman–Crippen MR) is 145 cm³/mol. The van der Waals surface area contributed by atoms with E-state index < -0.39 is 11.2 Å². The average Bonchev–Trinajstić information content (AvgIpc) is 2.93. The quantitative estimate of drug-likeness (QED) is 0.410. The molecule has 4 aromatic rings. The highest BCUT2D eigenvalue weighted by Gasteiger charge is 2.26. The summed E-state index contributed by atoms with van der Waals surface area (Å²) in [4.78, 5) is 60.6. The van der Waals surface area contributed by atoms with Gasteiger partial charge < -0.3 is 14.7 Å². The maximum Gasteiger partial charge on any atom is 0.329 e. The molecule has 2 aliphatic rings. The third-order valence-corrected chi connectivity index (χ3v) is 7.76. The predicted octanol–water partition coefficient (Wildman–Crippen LogP) is 1.63. The summed E-state index contributed by atoms with van der Waals surface area (Å²) in [5, 5.41) is 0.319. The maximum absolute atomic E-state index is 13.1. The van der Waals surface area contributed by atoms with Crippen LogP contribution >= 0.6 is 0 Å². The number of likely N-dealkylation sites (N-methyl/N-ethyl adjacent to an activating group) is 1. The molecule has 196 valence electrons. The summed E-state index contributed by atoms with van der Waals surface area (Å²) in [5.74, 6) is 0.961. The number of hydrogen-bond acceptors (Lipinski definition) is 8. The van der Waals surface area contributed by atoms with Gasteiger partial charge in [-0.2, -0.15) is 0 Å². The largest absolute Gasteiger partial charge is 0.354 e. The number of fused-ring (bicyclic) bond motifs is 3. The first-order valence-corrected chi connectivity index (χ1v) is 13.0. The fourth-order valence-electron chi connectivity index (χ4n) is 5.50. The summed E-state index contributed by atoms with van der Waals surface area (Å²) >= 11 is 0. The fraction of sp³-hybridized carbons (Fsp3) is 0.407. The van der Waals surface area contributed by atoms with Crippen molar-refractivity contribution in [2.45, 2.75) is 25.8 Å². The van der Waals surface area contributed by atoms with E-state index in [4.69, 9.17) is 9.97 Å². The van der Waals surface area contributed by atoms with E-state index in [1.165, 1.54) is 6.20 Å².